The molecule has 0 aliphatic heterocycles. The highest BCUT2D eigenvalue weighted by atomic mass is 16.6. The Kier molecular flexibility index (Phi) is 5.11. The molecule has 0 bridgehead atoms. The van der Waals surface area contributed by atoms with Crippen LogP contribution in [-0.2, 0) is 20.7 Å². The summed E-state index contributed by atoms with van der Waals surface area (Å²) in [5, 5.41) is 17.9. The number of hydrogen-bond donors (Lipinski definition) is 1. The number of amides is 1. The quantitative estimate of drug-likeness (QED) is 0.402. The second kappa shape index (κ2) is 7.65. The molecule has 0 unspecified atom stereocenters. The fourth-order valence-electron chi connectivity index (χ4n) is 2.47. The number of anilines is 1. The normalized spacial score (nSPS) is 11.7. The lowest BCUT2D eigenvalue weighted by molar-refractivity contribution is -0.383. The van der Waals surface area contributed by atoms with Crippen LogP contribution in [0.15, 0.2) is 53.1 Å². The zero-order valence-corrected chi connectivity index (χ0v) is 14.2. The molecule has 9 heteroatoms. The van der Waals surface area contributed by atoms with Gasteiger partial charge in [0.05, 0.1) is 11.3 Å². The third kappa shape index (κ3) is 4.09. The minimum Gasteiger partial charge on any atom is -0.452 e. The van der Waals surface area contributed by atoms with Gasteiger partial charge in [0.15, 0.2) is 11.7 Å². The van der Waals surface area contributed by atoms with Crippen LogP contribution < -0.4 is 5.32 Å². The van der Waals surface area contributed by atoms with Crippen molar-refractivity contribution in [2.45, 2.75) is 19.4 Å². The van der Waals surface area contributed by atoms with Crippen molar-refractivity contribution in [3.05, 3.63) is 64.3 Å². The first kappa shape index (κ1) is 18.1. The minimum absolute atomic E-state index is 0.0258. The Labute approximate surface area is 153 Å². The number of nitrogens with zero attached hydrogens (tertiary/aromatic N) is 2. The molecule has 9 nitrogen and oxygen atoms in total. The van der Waals surface area contributed by atoms with Gasteiger partial charge >= 0.3 is 5.97 Å². The molecule has 1 N–H and O–H groups in total. The summed E-state index contributed by atoms with van der Waals surface area (Å²) in [7, 11) is 0. The summed E-state index contributed by atoms with van der Waals surface area (Å²) in [6, 6.07) is 12.8. The zero-order chi connectivity index (χ0) is 19.4. The molecule has 3 aromatic rings. The Morgan fingerprint density at radius 2 is 1.93 bits per heavy atom. The maximum Gasteiger partial charge on any atom is 0.312 e. The zero-order valence-electron chi connectivity index (χ0n) is 14.2. The van der Waals surface area contributed by atoms with E-state index in [-0.39, 0.29) is 17.8 Å². The first-order valence-corrected chi connectivity index (χ1v) is 8.02. The topological polar surface area (TPSA) is 125 Å². The van der Waals surface area contributed by atoms with Gasteiger partial charge in [-0.2, -0.15) is 0 Å². The van der Waals surface area contributed by atoms with Gasteiger partial charge in [0, 0.05) is 11.5 Å². The Morgan fingerprint density at radius 1 is 1.22 bits per heavy atom. The highest BCUT2D eigenvalue weighted by molar-refractivity contribution is 5.97. The summed E-state index contributed by atoms with van der Waals surface area (Å²) in [6.07, 6.45) is -1.31. The summed E-state index contributed by atoms with van der Waals surface area (Å²) in [6.45, 7) is 1.38. The van der Waals surface area contributed by atoms with Crippen LogP contribution in [0.3, 0.4) is 0 Å². The number of fused-ring (bicyclic) bond motifs is 1. The monoisotopic (exact) mass is 369 g/mol. The van der Waals surface area contributed by atoms with E-state index in [4.69, 9.17) is 9.26 Å². The Hall–Kier alpha value is -3.75. The van der Waals surface area contributed by atoms with Gasteiger partial charge in [-0.15, -0.1) is 0 Å². The van der Waals surface area contributed by atoms with Crippen molar-refractivity contribution in [1.29, 1.82) is 0 Å². The van der Waals surface area contributed by atoms with Crippen LogP contribution in [0.2, 0.25) is 0 Å². The van der Waals surface area contributed by atoms with E-state index in [0.717, 1.165) is 0 Å². The number of ether oxygens (including phenoxy) is 1. The predicted octanol–water partition coefficient (Wildman–Crippen LogP) is 2.85. The number of hydrogen-bond acceptors (Lipinski definition) is 7. The first-order chi connectivity index (χ1) is 13.0. The van der Waals surface area contributed by atoms with Gasteiger partial charge in [-0.3, -0.25) is 19.7 Å². The van der Waals surface area contributed by atoms with Gasteiger partial charge in [-0.1, -0.05) is 29.4 Å². The van der Waals surface area contributed by atoms with Crippen molar-refractivity contribution >= 4 is 34.2 Å². The third-order valence-electron chi connectivity index (χ3n) is 3.80. The smallest absolute Gasteiger partial charge is 0.312 e. The number of nitro benzene ring substituents is 1. The van der Waals surface area contributed by atoms with Gasteiger partial charge in [0.2, 0.25) is 0 Å². The van der Waals surface area contributed by atoms with Crippen molar-refractivity contribution < 1.29 is 23.8 Å². The molecule has 1 atom stereocenters. The number of nitrogens with one attached hydrogen (secondary N) is 1. The summed E-state index contributed by atoms with van der Waals surface area (Å²) >= 11 is 0. The fourth-order valence-corrected chi connectivity index (χ4v) is 2.47. The third-order valence-corrected chi connectivity index (χ3v) is 3.80. The van der Waals surface area contributed by atoms with Gasteiger partial charge < -0.3 is 14.6 Å². The van der Waals surface area contributed by atoms with E-state index in [0.29, 0.717) is 16.7 Å². The number of carbonyl (C=O) groups is 2. The molecule has 0 saturated carbocycles. The number of esters is 1. The number of nitro groups is 1. The molecule has 1 amide bonds. The molecule has 2 aromatic carbocycles. The highest BCUT2D eigenvalue weighted by Crippen LogP contribution is 2.23. The number of benzene rings is 2. The van der Waals surface area contributed by atoms with E-state index in [9.17, 15) is 19.7 Å². The second-order valence-electron chi connectivity index (χ2n) is 5.70. The van der Waals surface area contributed by atoms with Crippen molar-refractivity contribution in [3.8, 4) is 0 Å². The molecule has 0 spiro atoms. The van der Waals surface area contributed by atoms with Crippen LogP contribution in [0.4, 0.5) is 11.4 Å². The van der Waals surface area contributed by atoms with E-state index >= 15 is 0 Å². The molecule has 1 aromatic heterocycles. The highest BCUT2D eigenvalue weighted by Gasteiger charge is 2.22. The summed E-state index contributed by atoms with van der Waals surface area (Å²) in [5.74, 6) is -1.35. The summed E-state index contributed by atoms with van der Waals surface area (Å²) in [4.78, 5) is 34.7. The van der Waals surface area contributed by atoms with Gasteiger partial charge in [0.25, 0.3) is 11.6 Å². The molecule has 3 rings (SSSR count). The molecule has 138 valence electrons. The van der Waals surface area contributed by atoms with Crippen molar-refractivity contribution in [2.24, 2.45) is 0 Å². The van der Waals surface area contributed by atoms with Gasteiger partial charge in [-0.05, 0) is 25.1 Å². The molecule has 27 heavy (non-hydrogen) atoms. The van der Waals surface area contributed by atoms with Gasteiger partial charge in [0.1, 0.15) is 11.4 Å². The van der Waals surface area contributed by atoms with E-state index < -0.39 is 22.9 Å². The van der Waals surface area contributed by atoms with E-state index in [1.54, 1.807) is 30.3 Å². The lowest BCUT2D eigenvalue weighted by atomic mass is 10.2. The molecule has 1 heterocycles. The van der Waals surface area contributed by atoms with E-state index in [1.807, 2.05) is 0 Å². The predicted molar refractivity (Wildman–Crippen MR) is 95.0 cm³/mol. The van der Waals surface area contributed by atoms with Crippen LogP contribution in [0.5, 0.6) is 0 Å². The molecular formula is C18H15N3O6. The number of rotatable bonds is 6. The molecule has 0 fully saturated rings. The Bertz CT molecular complexity index is 1010. The lowest BCUT2D eigenvalue weighted by Gasteiger charge is -2.13. The van der Waals surface area contributed by atoms with E-state index in [1.165, 1.54) is 25.1 Å². The second-order valence-corrected chi connectivity index (χ2v) is 5.70. The fraction of sp³-hybridized carbons (Fsp3) is 0.167. The molecule has 0 radical (unpaired) electrons. The summed E-state index contributed by atoms with van der Waals surface area (Å²) in [5.41, 5.74) is 0.723. The minimum atomic E-state index is -1.14. The largest absolute Gasteiger partial charge is 0.452 e. The Balaban J connectivity index is 1.63. The number of para-hydroxylation sites is 3. The summed E-state index contributed by atoms with van der Waals surface area (Å²) < 4.78 is 10.2. The van der Waals surface area contributed by atoms with Crippen LogP contribution in [0.25, 0.3) is 11.0 Å². The van der Waals surface area contributed by atoms with E-state index in [2.05, 4.69) is 10.5 Å². The van der Waals surface area contributed by atoms with Crippen LogP contribution in [0, 0.1) is 10.1 Å². The molecule has 0 saturated heterocycles. The SMILES string of the molecule is C[C@@H](OC(=O)Cc1noc2ccccc12)C(=O)Nc1ccccc1[N+](=O)[O-]. The Morgan fingerprint density at radius 3 is 2.70 bits per heavy atom. The van der Waals surface area contributed by atoms with Crippen LogP contribution in [0.1, 0.15) is 12.6 Å². The molecular weight excluding hydrogens is 354 g/mol. The lowest BCUT2D eigenvalue weighted by Crippen LogP contribution is -2.30. The first-order valence-electron chi connectivity index (χ1n) is 8.02. The van der Waals surface area contributed by atoms with Crippen LogP contribution in [-0.4, -0.2) is 28.1 Å². The van der Waals surface area contributed by atoms with Crippen LogP contribution >= 0.6 is 0 Å². The maximum atomic E-state index is 12.2. The van der Waals surface area contributed by atoms with Crippen molar-refractivity contribution in [3.63, 3.8) is 0 Å². The molecule has 0 aliphatic carbocycles. The number of aromatic nitrogens is 1. The number of carbonyl (C=O) groups excluding carboxylic acids is 2. The van der Waals surface area contributed by atoms with Crippen molar-refractivity contribution in [1.82, 2.24) is 5.16 Å². The van der Waals surface area contributed by atoms with Gasteiger partial charge in [-0.25, -0.2) is 0 Å². The average Bonchev–Trinajstić information content (AvgIpc) is 3.05. The molecule has 0 aliphatic rings. The maximum absolute atomic E-state index is 12.2. The van der Waals surface area contributed by atoms with Crippen molar-refractivity contribution in [2.75, 3.05) is 5.32 Å². The average molecular weight is 369 g/mol. The standard InChI is InChI=1S/C18H15N3O6/c1-11(18(23)19-13-7-3-4-8-15(13)21(24)25)26-17(22)10-14-12-6-2-5-9-16(12)27-20-14/h2-9,11H,10H2,1H3,(H,19,23)/t11-/m1/s1.